The summed E-state index contributed by atoms with van der Waals surface area (Å²) in [5.74, 6) is 0.0278. The standard InChI is InChI=1S/C27H21Br2ClN2O/c28-21-11-7-17(8-12-21)15-19-3-2-6-24-25(19)31-32(26(24)18-9-13-22(29)14-10-18)27(33)20-4-1-5-23(30)16-20/h1,4-5,7-16,24,26H,2-3,6H2/b19-15+/t24-,26-/m0/s1. The molecule has 0 bridgehead atoms. The van der Waals surface area contributed by atoms with E-state index in [0.717, 1.165) is 45.0 Å². The van der Waals surface area contributed by atoms with E-state index in [1.807, 2.05) is 24.3 Å². The van der Waals surface area contributed by atoms with Crippen molar-refractivity contribution in [2.24, 2.45) is 11.0 Å². The van der Waals surface area contributed by atoms with Gasteiger partial charge in [0.2, 0.25) is 0 Å². The number of hydrogen-bond acceptors (Lipinski definition) is 2. The largest absolute Gasteiger partial charge is 0.274 e. The summed E-state index contributed by atoms with van der Waals surface area (Å²) in [6.45, 7) is 0. The van der Waals surface area contributed by atoms with Crippen LogP contribution in [0.25, 0.3) is 6.08 Å². The highest BCUT2D eigenvalue weighted by Crippen LogP contribution is 2.45. The van der Waals surface area contributed by atoms with Gasteiger partial charge in [-0.3, -0.25) is 4.79 Å². The van der Waals surface area contributed by atoms with Gasteiger partial charge >= 0.3 is 0 Å². The molecule has 0 aromatic heterocycles. The summed E-state index contributed by atoms with van der Waals surface area (Å²) < 4.78 is 2.07. The molecule has 1 aliphatic heterocycles. The van der Waals surface area contributed by atoms with Crippen molar-refractivity contribution in [3.8, 4) is 0 Å². The average molecular weight is 585 g/mol. The average Bonchev–Trinajstić information content (AvgIpc) is 3.21. The van der Waals surface area contributed by atoms with Crippen LogP contribution in [0.2, 0.25) is 5.02 Å². The van der Waals surface area contributed by atoms with Crippen LogP contribution < -0.4 is 0 Å². The molecule has 2 atom stereocenters. The van der Waals surface area contributed by atoms with E-state index in [1.54, 1.807) is 29.3 Å². The summed E-state index contributed by atoms with van der Waals surface area (Å²) in [6.07, 6.45) is 5.23. The van der Waals surface area contributed by atoms with Crippen molar-refractivity contribution in [1.82, 2.24) is 5.01 Å². The Morgan fingerprint density at radius 3 is 2.39 bits per heavy atom. The Bertz CT molecular complexity index is 1250. The second kappa shape index (κ2) is 9.57. The fourth-order valence-corrected chi connectivity index (χ4v) is 5.39. The molecule has 1 heterocycles. The van der Waals surface area contributed by atoms with E-state index in [9.17, 15) is 4.79 Å². The van der Waals surface area contributed by atoms with E-state index < -0.39 is 0 Å². The van der Waals surface area contributed by atoms with Crippen molar-refractivity contribution in [2.45, 2.75) is 25.3 Å². The number of rotatable bonds is 3. The summed E-state index contributed by atoms with van der Waals surface area (Å²) in [6, 6.07) is 23.4. The molecule has 3 aromatic rings. The molecular formula is C27H21Br2ClN2O. The number of fused-ring (bicyclic) bond motifs is 1. The van der Waals surface area contributed by atoms with E-state index in [0.29, 0.717) is 10.6 Å². The van der Waals surface area contributed by atoms with Gasteiger partial charge in [-0.2, -0.15) is 5.10 Å². The van der Waals surface area contributed by atoms with Gasteiger partial charge in [-0.25, -0.2) is 5.01 Å². The Labute approximate surface area is 215 Å². The van der Waals surface area contributed by atoms with Crippen LogP contribution in [-0.2, 0) is 0 Å². The first-order valence-electron chi connectivity index (χ1n) is 10.9. The van der Waals surface area contributed by atoms with Gasteiger partial charge in [0, 0.05) is 25.4 Å². The molecule has 3 nitrogen and oxygen atoms in total. The lowest BCUT2D eigenvalue weighted by molar-refractivity contribution is 0.0681. The molecule has 1 aliphatic carbocycles. The van der Waals surface area contributed by atoms with Crippen LogP contribution in [0, 0.1) is 5.92 Å². The molecule has 1 amide bonds. The Morgan fingerprint density at radius 2 is 1.70 bits per heavy atom. The van der Waals surface area contributed by atoms with Crippen LogP contribution in [0.4, 0.5) is 0 Å². The highest BCUT2D eigenvalue weighted by molar-refractivity contribution is 9.10. The normalized spacial score (nSPS) is 21.1. The van der Waals surface area contributed by atoms with Crippen LogP contribution in [0.15, 0.2) is 92.4 Å². The third kappa shape index (κ3) is 4.72. The van der Waals surface area contributed by atoms with Crippen molar-refractivity contribution in [3.05, 3.63) is 109 Å². The number of hydrazone groups is 1. The molecule has 0 N–H and O–H groups in total. The number of amides is 1. The van der Waals surface area contributed by atoms with Gasteiger partial charge < -0.3 is 0 Å². The highest BCUT2D eigenvalue weighted by atomic mass is 79.9. The van der Waals surface area contributed by atoms with Crippen molar-refractivity contribution >= 4 is 61.2 Å². The zero-order chi connectivity index (χ0) is 22.9. The number of carbonyl (C=O) groups is 1. The Balaban J connectivity index is 1.58. The maximum Gasteiger partial charge on any atom is 0.274 e. The molecule has 5 rings (SSSR count). The predicted molar refractivity (Wildman–Crippen MR) is 141 cm³/mol. The summed E-state index contributed by atoms with van der Waals surface area (Å²) in [5, 5.41) is 7.18. The van der Waals surface area contributed by atoms with Crippen LogP contribution in [0.1, 0.15) is 46.8 Å². The lowest BCUT2D eigenvalue weighted by Crippen LogP contribution is -2.31. The van der Waals surface area contributed by atoms with E-state index >= 15 is 0 Å². The van der Waals surface area contributed by atoms with Crippen molar-refractivity contribution in [2.75, 3.05) is 0 Å². The quantitative estimate of drug-likeness (QED) is 0.305. The topological polar surface area (TPSA) is 32.7 Å². The first-order valence-corrected chi connectivity index (χ1v) is 12.9. The molecular weight excluding hydrogens is 564 g/mol. The van der Waals surface area contributed by atoms with Gasteiger partial charge in [-0.05, 0) is 84.5 Å². The van der Waals surface area contributed by atoms with Gasteiger partial charge in [0.25, 0.3) is 5.91 Å². The van der Waals surface area contributed by atoms with Gasteiger partial charge in [-0.15, -0.1) is 0 Å². The summed E-state index contributed by atoms with van der Waals surface area (Å²) >= 11 is 13.2. The SMILES string of the molecule is O=C(c1cccc(Cl)c1)N1N=C2/C(=C/c3ccc(Br)cc3)CCC[C@@H]2[C@@H]1c1ccc(Br)cc1. The number of halogens is 3. The second-order valence-electron chi connectivity index (χ2n) is 8.36. The number of nitrogens with zero attached hydrogens (tertiary/aromatic N) is 2. The molecule has 0 spiro atoms. The Kier molecular flexibility index (Phi) is 6.55. The third-order valence-corrected chi connectivity index (χ3v) is 7.50. The second-order valence-corrected chi connectivity index (χ2v) is 10.6. The van der Waals surface area contributed by atoms with E-state index in [2.05, 4.69) is 62.2 Å². The number of allylic oxidation sites excluding steroid dienone is 1. The zero-order valence-electron chi connectivity index (χ0n) is 17.7. The molecule has 0 unspecified atom stereocenters. The van der Waals surface area contributed by atoms with Gasteiger partial charge in [0.1, 0.15) is 0 Å². The molecule has 166 valence electrons. The molecule has 1 saturated carbocycles. The highest BCUT2D eigenvalue weighted by Gasteiger charge is 2.43. The van der Waals surface area contributed by atoms with E-state index in [1.165, 1.54) is 5.57 Å². The lowest BCUT2D eigenvalue weighted by Gasteiger charge is -2.29. The molecule has 33 heavy (non-hydrogen) atoms. The monoisotopic (exact) mass is 582 g/mol. The van der Waals surface area contributed by atoms with Crippen molar-refractivity contribution in [1.29, 1.82) is 0 Å². The van der Waals surface area contributed by atoms with Crippen LogP contribution in [0.3, 0.4) is 0 Å². The lowest BCUT2D eigenvalue weighted by atomic mass is 9.77. The van der Waals surface area contributed by atoms with E-state index in [-0.39, 0.29) is 17.9 Å². The van der Waals surface area contributed by atoms with E-state index in [4.69, 9.17) is 16.7 Å². The minimum absolute atomic E-state index is 0.129. The number of hydrogen-bond donors (Lipinski definition) is 0. The minimum atomic E-state index is -0.145. The van der Waals surface area contributed by atoms with Crippen LogP contribution in [0.5, 0.6) is 0 Å². The fourth-order valence-electron chi connectivity index (χ4n) is 4.68. The summed E-state index contributed by atoms with van der Waals surface area (Å²) in [5.41, 5.74) is 4.99. The van der Waals surface area contributed by atoms with Gasteiger partial charge in [-0.1, -0.05) is 73.8 Å². The van der Waals surface area contributed by atoms with Crippen molar-refractivity contribution < 1.29 is 4.79 Å². The summed E-state index contributed by atoms with van der Waals surface area (Å²) in [7, 11) is 0. The number of carbonyl (C=O) groups excluding carboxylic acids is 1. The number of benzene rings is 3. The first kappa shape index (κ1) is 22.6. The molecule has 2 aliphatic rings. The Morgan fingerprint density at radius 1 is 1.00 bits per heavy atom. The molecule has 0 radical (unpaired) electrons. The maximum absolute atomic E-state index is 13.6. The van der Waals surface area contributed by atoms with Gasteiger partial charge in [0.05, 0.1) is 11.8 Å². The molecule has 1 fully saturated rings. The van der Waals surface area contributed by atoms with Gasteiger partial charge in [0.15, 0.2) is 0 Å². The Hall–Kier alpha value is -2.21. The predicted octanol–water partition coefficient (Wildman–Crippen LogP) is 8.30. The molecule has 0 saturated heterocycles. The zero-order valence-corrected chi connectivity index (χ0v) is 21.6. The summed E-state index contributed by atoms with van der Waals surface area (Å²) in [4.78, 5) is 13.6. The first-order chi connectivity index (χ1) is 16.0. The molecule has 3 aromatic carbocycles. The maximum atomic E-state index is 13.6. The van der Waals surface area contributed by atoms with Crippen LogP contribution >= 0.6 is 43.5 Å². The van der Waals surface area contributed by atoms with Crippen molar-refractivity contribution in [3.63, 3.8) is 0 Å². The fraction of sp³-hybridized carbons (Fsp3) is 0.185. The minimum Gasteiger partial charge on any atom is -0.267 e. The van der Waals surface area contributed by atoms with Crippen LogP contribution in [-0.4, -0.2) is 16.6 Å². The third-order valence-electron chi connectivity index (χ3n) is 6.20. The smallest absolute Gasteiger partial charge is 0.267 e. The molecule has 6 heteroatoms.